The van der Waals surface area contributed by atoms with Gasteiger partial charge < -0.3 is 15.2 Å². The van der Waals surface area contributed by atoms with E-state index in [0.29, 0.717) is 12.5 Å². The summed E-state index contributed by atoms with van der Waals surface area (Å²) in [4.78, 5) is 23.6. The van der Waals surface area contributed by atoms with Crippen LogP contribution in [0.25, 0.3) is 0 Å². The first kappa shape index (κ1) is 13.6. The SMILES string of the molecule is O=C(O)[C@@H]1[C@H](C(=O)NCC2CCCCC2)[C@@H]2C=C[C@@H]1O2. The van der Waals surface area contributed by atoms with Crippen molar-refractivity contribution in [1.29, 1.82) is 0 Å². The first-order valence-electron chi connectivity index (χ1n) is 7.51. The lowest BCUT2D eigenvalue weighted by Gasteiger charge is -2.25. The molecule has 1 saturated carbocycles. The van der Waals surface area contributed by atoms with Gasteiger partial charge in [-0.2, -0.15) is 0 Å². The Balaban J connectivity index is 1.58. The highest BCUT2D eigenvalue weighted by Crippen LogP contribution is 2.39. The molecule has 2 aliphatic heterocycles. The molecule has 0 radical (unpaired) electrons. The average Bonchev–Trinajstić information content (AvgIpc) is 3.06. The monoisotopic (exact) mass is 279 g/mol. The van der Waals surface area contributed by atoms with Crippen LogP contribution in [-0.2, 0) is 14.3 Å². The minimum atomic E-state index is -0.945. The maximum absolute atomic E-state index is 12.3. The van der Waals surface area contributed by atoms with Gasteiger partial charge >= 0.3 is 5.97 Å². The standard InChI is InChI=1S/C15H21NO4/c17-14(16-8-9-4-2-1-3-5-9)12-10-6-7-11(20-10)13(12)15(18)19/h6-7,9-13H,1-5,8H2,(H,16,17)(H,18,19)/t10-,11-,12+,13-/m0/s1. The molecule has 110 valence electrons. The molecule has 1 aliphatic carbocycles. The van der Waals surface area contributed by atoms with E-state index < -0.39 is 23.9 Å². The van der Waals surface area contributed by atoms with Crippen molar-refractivity contribution in [2.24, 2.45) is 17.8 Å². The molecule has 0 aromatic rings. The van der Waals surface area contributed by atoms with Crippen molar-refractivity contribution >= 4 is 11.9 Å². The summed E-state index contributed by atoms with van der Waals surface area (Å²) >= 11 is 0. The lowest BCUT2D eigenvalue weighted by molar-refractivity contribution is -0.146. The normalized spacial score (nSPS) is 36.2. The molecule has 3 aliphatic rings. The van der Waals surface area contributed by atoms with E-state index in [9.17, 15) is 14.7 Å². The quantitative estimate of drug-likeness (QED) is 0.761. The third-order valence-electron chi connectivity index (χ3n) is 4.78. The van der Waals surface area contributed by atoms with E-state index in [2.05, 4.69) is 5.32 Å². The topological polar surface area (TPSA) is 75.6 Å². The molecule has 1 saturated heterocycles. The van der Waals surface area contributed by atoms with Crippen molar-refractivity contribution in [1.82, 2.24) is 5.32 Å². The molecule has 5 nitrogen and oxygen atoms in total. The Kier molecular flexibility index (Phi) is 3.78. The minimum absolute atomic E-state index is 0.167. The Morgan fingerprint density at radius 3 is 2.40 bits per heavy atom. The third-order valence-corrected chi connectivity index (χ3v) is 4.78. The zero-order chi connectivity index (χ0) is 14.1. The molecule has 0 unspecified atom stereocenters. The molecule has 5 heteroatoms. The van der Waals surface area contributed by atoms with Crippen LogP contribution in [0.1, 0.15) is 32.1 Å². The summed E-state index contributed by atoms with van der Waals surface area (Å²) < 4.78 is 5.52. The van der Waals surface area contributed by atoms with Crippen LogP contribution in [0.15, 0.2) is 12.2 Å². The Morgan fingerprint density at radius 2 is 1.75 bits per heavy atom. The van der Waals surface area contributed by atoms with Crippen LogP contribution in [0.5, 0.6) is 0 Å². The number of hydrogen-bond acceptors (Lipinski definition) is 3. The zero-order valence-electron chi connectivity index (χ0n) is 11.5. The highest BCUT2D eigenvalue weighted by Gasteiger charge is 2.53. The highest BCUT2D eigenvalue weighted by molar-refractivity contribution is 5.87. The van der Waals surface area contributed by atoms with Gasteiger partial charge in [0.25, 0.3) is 0 Å². The van der Waals surface area contributed by atoms with Crippen molar-refractivity contribution in [2.75, 3.05) is 6.54 Å². The van der Waals surface area contributed by atoms with Crippen molar-refractivity contribution in [2.45, 2.75) is 44.3 Å². The van der Waals surface area contributed by atoms with Crippen LogP contribution in [0, 0.1) is 17.8 Å². The van der Waals surface area contributed by atoms with E-state index in [1.807, 2.05) is 6.08 Å². The van der Waals surface area contributed by atoms with Crippen LogP contribution in [0.3, 0.4) is 0 Å². The first-order valence-corrected chi connectivity index (χ1v) is 7.51. The first-order chi connectivity index (χ1) is 9.66. The number of amides is 1. The maximum atomic E-state index is 12.3. The summed E-state index contributed by atoms with van der Waals surface area (Å²) in [6.45, 7) is 0.669. The number of fused-ring (bicyclic) bond motifs is 2. The molecule has 0 aromatic carbocycles. The predicted molar refractivity (Wildman–Crippen MR) is 72.0 cm³/mol. The second-order valence-electron chi connectivity index (χ2n) is 6.09. The van der Waals surface area contributed by atoms with Gasteiger partial charge in [0.1, 0.15) is 5.92 Å². The fraction of sp³-hybridized carbons (Fsp3) is 0.733. The van der Waals surface area contributed by atoms with Gasteiger partial charge in [0.05, 0.1) is 18.1 Å². The lowest BCUT2D eigenvalue weighted by atomic mass is 9.82. The Morgan fingerprint density at radius 1 is 1.10 bits per heavy atom. The highest BCUT2D eigenvalue weighted by atomic mass is 16.5. The Bertz CT molecular complexity index is 428. The summed E-state index contributed by atoms with van der Waals surface area (Å²) in [7, 11) is 0. The number of rotatable bonds is 4. The molecule has 1 amide bonds. The van der Waals surface area contributed by atoms with E-state index in [-0.39, 0.29) is 12.0 Å². The van der Waals surface area contributed by atoms with Crippen LogP contribution < -0.4 is 5.32 Å². The number of hydrogen-bond donors (Lipinski definition) is 2. The van der Waals surface area contributed by atoms with Crippen molar-refractivity contribution in [3.05, 3.63) is 12.2 Å². The summed E-state index contributed by atoms with van der Waals surface area (Å²) in [5.74, 6) is -1.88. The predicted octanol–water partition coefficient (Wildman–Crippen LogP) is 1.34. The molecule has 0 spiro atoms. The molecule has 3 rings (SSSR count). The lowest BCUT2D eigenvalue weighted by Crippen LogP contribution is -2.43. The van der Waals surface area contributed by atoms with E-state index in [1.54, 1.807) is 6.08 Å². The number of ether oxygens (including phenoxy) is 1. The van der Waals surface area contributed by atoms with Crippen LogP contribution in [0.2, 0.25) is 0 Å². The molecule has 2 bridgehead atoms. The maximum Gasteiger partial charge on any atom is 0.310 e. The molecule has 0 aromatic heterocycles. The largest absolute Gasteiger partial charge is 0.481 e. The fourth-order valence-electron chi connectivity index (χ4n) is 3.67. The van der Waals surface area contributed by atoms with Crippen LogP contribution in [0.4, 0.5) is 0 Å². The number of aliphatic carboxylic acids is 1. The van der Waals surface area contributed by atoms with Gasteiger partial charge in [-0.1, -0.05) is 31.4 Å². The number of carboxylic acid groups (broad SMARTS) is 1. The Labute approximate surface area is 118 Å². The van der Waals surface area contributed by atoms with E-state index in [1.165, 1.54) is 19.3 Å². The number of carbonyl (C=O) groups excluding carboxylic acids is 1. The van der Waals surface area contributed by atoms with Crippen molar-refractivity contribution in [3.8, 4) is 0 Å². The van der Waals surface area contributed by atoms with E-state index in [0.717, 1.165) is 12.8 Å². The van der Waals surface area contributed by atoms with Gasteiger partial charge in [0.15, 0.2) is 0 Å². The minimum Gasteiger partial charge on any atom is -0.481 e. The summed E-state index contributed by atoms with van der Waals surface area (Å²) in [5.41, 5.74) is 0. The second-order valence-corrected chi connectivity index (χ2v) is 6.09. The molecule has 2 N–H and O–H groups in total. The van der Waals surface area contributed by atoms with E-state index >= 15 is 0 Å². The summed E-state index contributed by atoms with van der Waals surface area (Å²) in [6, 6.07) is 0. The third kappa shape index (κ3) is 2.46. The second kappa shape index (κ2) is 5.56. The van der Waals surface area contributed by atoms with Crippen molar-refractivity contribution in [3.63, 3.8) is 0 Å². The van der Waals surface area contributed by atoms with Gasteiger partial charge in [0, 0.05) is 6.54 Å². The number of carbonyl (C=O) groups is 2. The summed E-state index contributed by atoms with van der Waals surface area (Å²) in [6.07, 6.45) is 8.84. The van der Waals surface area contributed by atoms with E-state index in [4.69, 9.17) is 4.74 Å². The van der Waals surface area contributed by atoms with Gasteiger partial charge in [-0.25, -0.2) is 0 Å². The average molecular weight is 279 g/mol. The Hall–Kier alpha value is -1.36. The molecule has 4 atom stereocenters. The van der Waals surface area contributed by atoms with Gasteiger partial charge in [-0.3, -0.25) is 9.59 Å². The van der Waals surface area contributed by atoms with Crippen LogP contribution >= 0.6 is 0 Å². The van der Waals surface area contributed by atoms with Crippen LogP contribution in [-0.4, -0.2) is 35.7 Å². The number of nitrogens with one attached hydrogen (secondary N) is 1. The molecule has 2 heterocycles. The van der Waals surface area contributed by atoms with Crippen molar-refractivity contribution < 1.29 is 19.4 Å². The molecule has 2 fully saturated rings. The van der Waals surface area contributed by atoms with Gasteiger partial charge in [0.2, 0.25) is 5.91 Å². The fourth-order valence-corrected chi connectivity index (χ4v) is 3.67. The zero-order valence-corrected chi connectivity index (χ0v) is 11.5. The molecule has 20 heavy (non-hydrogen) atoms. The smallest absolute Gasteiger partial charge is 0.310 e. The van der Waals surface area contributed by atoms with Gasteiger partial charge in [-0.05, 0) is 18.8 Å². The number of carboxylic acids is 1. The van der Waals surface area contributed by atoms with Gasteiger partial charge in [-0.15, -0.1) is 0 Å². The summed E-state index contributed by atoms with van der Waals surface area (Å²) in [5, 5.41) is 12.2. The molecular formula is C15H21NO4. The molecular weight excluding hydrogens is 258 g/mol.